The Morgan fingerprint density at radius 1 is 0.486 bits per heavy atom. The lowest BCUT2D eigenvalue weighted by Crippen LogP contribution is -2.02. The summed E-state index contributed by atoms with van der Waals surface area (Å²) < 4.78 is 6.65. The first-order valence-corrected chi connectivity index (χ1v) is 12.2. The predicted molar refractivity (Wildman–Crippen MR) is 148 cm³/mol. The minimum absolute atomic E-state index is 0.994. The lowest BCUT2D eigenvalue weighted by molar-refractivity contribution is 1.03. The molecule has 0 aliphatic heterocycles. The number of imidazole rings is 1. The van der Waals surface area contributed by atoms with Gasteiger partial charge < -0.3 is 13.7 Å². The van der Waals surface area contributed by atoms with Gasteiger partial charge in [0.25, 0.3) is 0 Å². The van der Waals surface area contributed by atoms with Gasteiger partial charge in [-0.3, -0.25) is 9.97 Å². The molecular weight excluding hydrogens is 456 g/mol. The molecule has 0 N–H and O–H groups in total. The molecule has 6 heteroatoms. The molecular formula is C31H20N6. The maximum absolute atomic E-state index is 4.73. The van der Waals surface area contributed by atoms with Gasteiger partial charge in [-0.1, -0.05) is 36.4 Å². The van der Waals surface area contributed by atoms with Gasteiger partial charge in [-0.2, -0.15) is 0 Å². The molecule has 0 aliphatic rings. The van der Waals surface area contributed by atoms with Crippen molar-refractivity contribution in [1.82, 2.24) is 28.7 Å². The number of para-hydroxylation sites is 2. The van der Waals surface area contributed by atoms with Crippen molar-refractivity contribution in [3.05, 3.63) is 122 Å². The zero-order valence-electron chi connectivity index (χ0n) is 19.7. The number of nitrogens with zero attached hydrogens (tertiary/aromatic N) is 6. The molecule has 0 radical (unpaired) electrons. The van der Waals surface area contributed by atoms with Crippen LogP contribution in [0.5, 0.6) is 0 Å². The van der Waals surface area contributed by atoms with E-state index in [1.807, 2.05) is 41.6 Å². The highest BCUT2D eigenvalue weighted by Gasteiger charge is 2.17. The summed E-state index contributed by atoms with van der Waals surface area (Å²) in [6, 6.07) is 31.8. The van der Waals surface area contributed by atoms with Crippen molar-refractivity contribution < 1.29 is 0 Å². The van der Waals surface area contributed by atoms with Crippen LogP contribution in [0.3, 0.4) is 0 Å². The average Bonchev–Trinajstić information content (AvgIpc) is 3.68. The van der Waals surface area contributed by atoms with Gasteiger partial charge in [0, 0.05) is 35.6 Å². The van der Waals surface area contributed by atoms with Gasteiger partial charge in [0.05, 0.1) is 56.5 Å². The van der Waals surface area contributed by atoms with Crippen molar-refractivity contribution in [1.29, 1.82) is 0 Å². The fraction of sp³-hybridized carbons (Fsp3) is 0. The van der Waals surface area contributed by atoms with Gasteiger partial charge in [-0.15, -0.1) is 0 Å². The average molecular weight is 477 g/mol. The molecule has 37 heavy (non-hydrogen) atoms. The second-order valence-electron chi connectivity index (χ2n) is 9.12. The third kappa shape index (κ3) is 2.90. The van der Waals surface area contributed by atoms with Crippen LogP contribution in [0.4, 0.5) is 0 Å². The fourth-order valence-corrected chi connectivity index (χ4v) is 5.52. The highest BCUT2D eigenvalue weighted by atomic mass is 15.1. The third-order valence-electron chi connectivity index (χ3n) is 7.06. The summed E-state index contributed by atoms with van der Waals surface area (Å²) >= 11 is 0. The fourth-order valence-electron chi connectivity index (χ4n) is 5.52. The van der Waals surface area contributed by atoms with Crippen molar-refractivity contribution >= 4 is 43.9 Å². The van der Waals surface area contributed by atoms with Crippen LogP contribution in [0.1, 0.15) is 0 Å². The summed E-state index contributed by atoms with van der Waals surface area (Å²) in [4.78, 5) is 13.8. The minimum Gasteiger partial charge on any atom is -0.307 e. The highest BCUT2D eigenvalue weighted by molar-refractivity contribution is 6.08. The number of pyridine rings is 2. The Bertz CT molecular complexity index is 1860. The summed E-state index contributed by atoms with van der Waals surface area (Å²) in [6.45, 7) is 0. The molecule has 0 atom stereocenters. The van der Waals surface area contributed by atoms with Crippen molar-refractivity contribution in [2.45, 2.75) is 0 Å². The standard InChI is InChI=1S/C31H20N6/c1-3-9-26-24(7-1)30-28(11-5-13-33-30)36(26)22-17-21(35-16-15-32-20-35)18-23(19-22)37-27-10-4-2-8-25(27)31-29(37)12-6-14-34-31/h1-20H. The molecule has 0 saturated heterocycles. The maximum Gasteiger partial charge on any atom is 0.0991 e. The number of hydrogen-bond donors (Lipinski definition) is 0. The zero-order chi connectivity index (χ0) is 24.3. The van der Waals surface area contributed by atoms with E-state index in [2.05, 4.69) is 93.0 Å². The predicted octanol–water partition coefficient (Wildman–Crippen LogP) is 6.86. The highest BCUT2D eigenvalue weighted by Crippen LogP contribution is 2.35. The summed E-state index contributed by atoms with van der Waals surface area (Å²) in [7, 11) is 0. The van der Waals surface area contributed by atoms with E-state index in [1.54, 1.807) is 6.20 Å². The Kier molecular flexibility index (Phi) is 4.13. The molecule has 0 saturated carbocycles. The molecule has 8 aromatic rings. The van der Waals surface area contributed by atoms with Crippen LogP contribution < -0.4 is 0 Å². The molecule has 5 aromatic heterocycles. The largest absolute Gasteiger partial charge is 0.307 e. The lowest BCUT2D eigenvalue weighted by atomic mass is 10.2. The van der Waals surface area contributed by atoms with Crippen LogP contribution in [-0.2, 0) is 0 Å². The normalized spacial score (nSPS) is 11.8. The SMILES string of the molecule is c1ccc2c(c1)c1ncccc1n2-c1cc(-n2ccnc2)cc(-n2c3ccccc3c3ncccc32)c1. The number of rotatable bonds is 3. The van der Waals surface area contributed by atoms with E-state index in [9.17, 15) is 0 Å². The Hall–Kier alpha value is -5.23. The molecule has 0 unspecified atom stereocenters. The van der Waals surface area contributed by atoms with Crippen molar-refractivity contribution in [3.63, 3.8) is 0 Å². The monoisotopic (exact) mass is 476 g/mol. The van der Waals surface area contributed by atoms with E-state index < -0.39 is 0 Å². The van der Waals surface area contributed by atoms with Crippen LogP contribution in [0.15, 0.2) is 122 Å². The summed E-state index contributed by atoms with van der Waals surface area (Å²) in [6.07, 6.45) is 9.34. The smallest absolute Gasteiger partial charge is 0.0991 e. The molecule has 0 spiro atoms. The second kappa shape index (κ2) is 7.63. The van der Waals surface area contributed by atoms with Gasteiger partial charge in [0.2, 0.25) is 0 Å². The van der Waals surface area contributed by atoms with E-state index in [-0.39, 0.29) is 0 Å². The van der Waals surface area contributed by atoms with Gasteiger partial charge in [-0.05, 0) is 54.6 Å². The van der Waals surface area contributed by atoms with Crippen LogP contribution in [0.2, 0.25) is 0 Å². The van der Waals surface area contributed by atoms with Crippen LogP contribution >= 0.6 is 0 Å². The zero-order valence-corrected chi connectivity index (χ0v) is 19.7. The van der Waals surface area contributed by atoms with Crippen molar-refractivity contribution in [2.75, 3.05) is 0 Å². The molecule has 5 heterocycles. The molecule has 174 valence electrons. The number of fused-ring (bicyclic) bond motifs is 6. The number of hydrogen-bond acceptors (Lipinski definition) is 3. The second-order valence-corrected chi connectivity index (χ2v) is 9.12. The topological polar surface area (TPSA) is 53.5 Å². The number of aromatic nitrogens is 6. The molecule has 3 aromatic carbocycles. The molecule has 0 aliphatic carbocycles. The lowest BCUT2D eigenvalue weighted by Gasteiger charge is -2.15. The van der Waals surface area contributed by atoms with E-state index in [1.165, 1.54) is 0 Å². The van der Waals surface area contributed by atoms with E-state index in [4.69, 9.17) is 9.97 Å². The Balaban J connectivity index is 1.51. The summed E-state index contributed by atoms with van der Waals surface area (Å²) in [5, 5.41) is 2.27. The Morgan fingerprint density at radius 3 is 1.54 bits per heavy atom. The van der Waals surface area contributed by atoms with Gasteiger partial charge in [0.1, 0.15) is 0 Å². The third-order valence-corrected chi connectivity index (χ3v) is 7.06. The molecule has 0 amide bonds. The van der Waals surface area contributed by atoms with Crippen LogP contribution in [-0.4, -0.2) is 28.7 Å². The van der Waals surface area contributed by atoms with E-state index in [0.29, 0.717) is 0 Å². The first-order valence-electron chi connectivity index (χ1n) is 12.2. The van der Waals surface area contributed by atoms with E-state index in [0.717, 1.165) is 60.9 Å². The van der Waals surface area contributed by atoms with Crippen molar-refractivity contribution in [3.8, 4) is 17.1 Å². The van der Waals surface area contributed by atoms with Crippen LogP contribution in [0.25, 0.3) is 60.9 Å². The van der Waals surface area contributed by atoms with Gasteiger partial charge in [-0.25, -0.2) is 4.98 Å². The quantitative estimate of drug-likeness (QED) is 0.280. The number of benzene rings is 3. The van der Waals surface area contributed by atoms with Crippen molar-refractivity contribution in [2.24, 2.45) is 0 Å². The molecule has 0 bridgehead atoms. The van der Waals surface area contributed by atoms with Gasteiger partial charge >= 0.3 is 0 Å². The van der Waals surface area contributed by atoms with Crippen LogP contribution in [0, 0.1) is 0 Å². The Labute approximate surface area is 211 Å². The summed E-state index contributed by atoms with van der Waals surface area (Å²) in [5.74, 6) is 0. The Morgan fingerprint density at radius 2 is 1.00 bits per heavy atom. The molecule has 8 rings (SSSR count). The van der Waals surface area contributed by atoms with E-state index >= 15 is 0 Å². The maximum atomic E-state index is 4.73. The first-order chi connectivity index (χ1) is 18.4. The molecule has 0 fully saturated rings. The summed E-state index contributed by atoms with van der Waals surface area (Å²) in [5.41, 5.74) is 9.49. The van der Waals surface area contributed by atoms with Gasteiger partial charge in [0.15, 0.2) is 0 Å². The first kappa shape index (κ1) is 20.0. The molecule has 6 nitrogen and oxygen atoms in total. The minimum atomic E-state index is 0.994.